The van der Waals surface area contributed by atoms with Gasteiger partial charge in [-0.05, 0) is 45.1 Å². The average molecular weight is 456 g/mol. The number of halogens is 2. The lowest BCUT2D eigenvalue weighted by Gasteiger charge is -2.37. The number of aromatic nitrogens is 3. The van der Waals surface area contributed by atoms with E-state index in [1.807, 2.05) is 7.05 Å². The predicted octanol–water partition coefficient (Wildman–Crippen LogP) is 2.56. The second kappa shape index (κ2) is 8.68. The van der Waals surface area contributed by atoms with Crippen LogP contribution in [-0.4, -0.2) is 76.9 Å². The fourth-order valence-corrected chi connectivity index (χ4v) is 4.31. The third-order valence-corrected chi connectivity index (χ3v) is 6.44. The van der Waals surface area contributed by atoms with E-state index in [1.165, 1.54) is 18.2 Å². The lowest BCUT2D eigenvalue weighted by molar-refractivity contribution is 0.0732. The van der Waals surface area contributed by atoms with E-state index in [0.29, 0.717) is 24.4 Å². The van der Waals surface area contributed by atoms with Crippen LogP contribution in [-0.2, 0) is 0 Å². The zero-order chi connectivity index (χ0) is 23.1. The molecule has 8 nitrogen and oxygen atoms in total. The van der Waals surface area contributed by atoms with Crippen molar-refractivity contribution in [2.24, 2.45) is 0 Å². The minimum Gasteiger partial charge on any atom is -0.507 e. The average Bonchev–Trinajstić information content (AvgIpc) is 2.78. The van der Waals surface area contributed by atoms with Gasteiger partial charge >= 0.3 is 6.01 Å². The number of likely N-dealkylation sites (tertiary alicyclic amines) is 1. The number of nitrogens with zero attached hydrogens (tertiary/aromatic N) is 5. The number of aromatic hydroxyl groups is 1. The van der Waals surface area contributed by atoms with Crippen LogP contribution >= 0.6 is 0 Å². The highest BCUT2D eigenvalue weighted by atomic mass is 19.1. The maximum Gasteiger partial charge on any atom is 0.320 e. The van der Waals surface area contributed by atoms with Gasteiger partial charge in [0.25, 0.3) is 0 Å². The molecule has 2 aliphatic rings. The summed E-state index contributed by atoms with van der Waals surface area (Å²) in [6.07, 6.45) is 1.03. The van der Waals surface area contributed by atoms with Gasteiger partial charge in [0.15, 0.2) is 11.5 Å². The first-order valence-electron chi connectivity index (χ1n) is 11.1. The molecule has 0 radical (unpaired) electrons. The van der Waals surface area contributed by atoms with Gasteiger partial charge in [-0.25, -0.2) is 13.8 Å². The van der Waals surface area contributed by atoms with Gasteiger partial charge in [0.2, 0.25) is 0 Å². The maximum atomic E-state index is 15.2. The van der Waals surface area contributed by atoms with E-state index in [2.05, 4.69) is 37.0 Å². The number of rotatable bonds is 5. The highest BCUT2D eigenvalue weighted by Crippen LogP contribution is 2.36. The molecule has 2 aromatic heterocycles. The van der Waals surface area contributed by atoms with Crippen molar-refractivity contribution in [3.05, 3.63) is 35.9 Å². The van der Waals surface area contributed by atoms with Crippen molar-refractivity contribution in [2.45, 2.75) is 25.4 Å². The Labute approximate surface area is 190 Å². The van der Waals surface area contributed by atoms with Crippen LogP contribution in [0.5, 0.6) is 11.8 Å². The largest absolute Gasteiger partial charge is 0.507 e. The highest BCUT2D eigenvalue weighted by molar-refractivity contribution is 5.90. The van der Waals surface area contributed by atoms with Crippen LogP contribution in [0.3, 0.4) is 0 Å². The standard InChI is InChI=1S/C23H26F2N6O2/c1-13-11-26-7-9-31(13)22-15-10-17(25)20(19-16(24)4-3-5-18(19)32)27-21(15)28-23(29-22)33-12-14-6-8-30(14)2/h3-5,10,13-14,26,32H,6-9,11-12H2,1-2H3/t13-,14?/m1/s1. The molecule has 2 saturated heterocycles. The molecule has 0 spiro atoms. The lowest BCUT2D eigenvalue weighted by Crippen LogP contribution is -2.50. The van der Waals surface area contributed by atoms with Crippen molar-refractivity contribution < 1.29 is 18.6 Å². The van der Waals surface area contributed by atoms with Crippen LogP contribution in [0.25, 0.3) is 22.3 Å². The molecule has 4 heterocycles. The van der Waals surface area contributed by atoms with E-state index in [0.717, 1.165) is 32.1 Å². The van der Waals surface area contributed by atoms with Crippen LogP contribution in [0.4, 0.5) is 14.6 Å². The third-order valence-electron chi connectivity index (χ3n) is 6.44. The van der Waals surface area contributed by atoms with E-state index in [-0.39, 0.29) is 35.0 Å². The molecule has 0 aliphatic carbocycles. The van der Waals surface area contributed by atoms with Crippen LogP contribution < -0.4 is 15.0 Å². The van der Waals surface area contributed by atoms with Gasteiger partial charge in [0, 0.05) is 31.7 Å². The normalized spacial score (nSPS) is 21.3. The zero-order valence-electron chi connectivity index (χ0n) is 18.6. The van der Waals surface area contributed by atoms with E-state index in [4.69, 9.17) is 4.74 Å². The smallest absolute Gasteiger partial charge is 0.320 e. The van der Waals surface area contributed by atoms with Gasteiger partial charge in [-0.15, -0.1) is 0 Å². The Hall–Kier alpha value is -3.11. The van der Waals surface area contributed by atoms with Crippen molar-refractivity contribution in [1.82, 2.24) is 25.2 Å². The first-order chi connectivity index (χ1) is 15.9. The molecule has 0 saturated carbocycles. The summed E-state index contributed by atoms with van der Waals surface area (Å²) in [5.74, 6) is -1.40. The SMILES string of the molecule is C[C@@H]1CNCCN1c1nc(OCC2CCN2C)nc2nc(-c3c(O)cccc3F)c(F)cc12. The van der Waals surface area contributed by atoms with Gasteiger partial charge in [-0.3, -0.25) is 4.90 Å². The number of phenolic OH excluding ortho intramolecular Hbond substituents is 1. The Bertz CT molecular complexity index is 1170. The molecule has 1 aromatic carbocycles. The Kier molecular flexibility index (Phi) is 5.71. The summed E-state index contributed by atoms with van der Waals surface area (Å²) in [7, 11) is 2.03. The van der Waals surface area contributed by atoms with Gasteiger partial charge in [-0.2, -0.15) is 9.97 Å². The highest BCUT2D eigenvalue weighted by Gasteiger charge is 2.28. The number of fused-ring (bicyclic) bond motifs is 1. The van der Waals surface area contributed by atoms with Crippen LogP contribution in [0, 0.1) is 11.6 Å². The number of nitrogens with one attached hydrogen (secondary N) is 1. The van der Waals surface area contributed by atoms with Crippen molar-refractivity contribution >= 4 is 16.9 Å². The molecule has 2 fully saturated rings. The number of anilines is 1. The summed E-state index contributed by atoms with van der Waals surface area (Å²) in [5.41, 5.74) is -0.423. The predicted molar refractivity (Wildman–Crippen MR) is 121 cm³/mol. The van der Waals surface area contributed by atoms with Gasteiger partial charge in [0.05, 0.1) is 10.9 Å². The zero-order valence-corrected chi connectivity index (χ0v) is 18.6. The van der Waals surface area contributed by atoms with Gasteiger partial charge < -0.3 is 20.1 Å². The lowest BCUT2D eigenvalue weighted by atomic mass is 10.1. The Balaban J connectivity index is 1.63. The molecule has 0 bridgehead atoms. The van der Waals surface area contributed by atoms with Crippen LogP contribution in [0.2, 0.25) is 0 Å². The number of pyridine rings is 1. The van der Waals surface area contributed by atoms with Crippen LogP contribution in [0.15, 0.2) is 24.3 Å². The second-order valence-electron chi connectivity index (χ2n) is 8.63. The number of hydrogen-bond donors (Lipinski definition) is 2. The molecule has 0 amide bonds. The number of hydrogen-bond acceptors (Lipinski definition) is 8. The van der Waals surface area contributed by atoms with E-state index < -0.39 is 17.4 Å². The number of ether oxygens (including phenoxy) is 1. The van der Waals surface area contributed by atoms with E-state index in [1.54, 1.807) is 0 Å². The maximum absolute atomic E-state index is 15.2. The summed E-state index contributed by atoms with van der Waals surface area (Å²) in [6.45, 7) is 5.70. The molecular formula is C23H26F2N6O2. The summed E-state index contributed by atoms with van der Waals surface area (Å²) >= 11 is 0. The molecule has 3 aromatic rings. The van der Waals surface area contributed by atoms with E-state index >= 15 is 4.39 Å². The molecule has 33 heavy (non-hydrogen) atoms. The molecule has 1 unspecified atom stereocenters. The molecule has 2 aliphatic heterocycles. The van der Waals surface area contributed by atoms with Crippen molar-refractivity contribution in [1.29, 1.82) is 0 Å². The number of piperazine rings is 1. The van der Waals surface area contributed by atoms with Crippen molar-refractivity contribution in [3.63, 3.8) is 0 Å². The summed E-state index contributed by atoms with van der Waals surface area (Å²) < 4.78 is 35.6. The molecule has 2 atom stereocenters. The molecule has 174 valence electrons. The Morgan fingerprint density at radius 2 is 2.03 bits per heavy atom. The van der Waals surface area contributed by atoms with E-state index in [9.17, 15) is 9.50 Å². The number of benzene rings is 1. The molecular weight excluding hydrogens is 430 g/mol. The van der Waals surface area contributed by atoms with Gasteiger partial charge in [-0.1, -0.05) is 6.07 Å². The van der Waals surface area contributed by atoms with Crippen molar-refractivity contribution in [2.75, 3.05) is 44.7 Å². The quantitative estimate of drug-likeness (QED) is 0.606. The molecule has 10 heteroatoms. The fraction of sp³-hybridized carbons (Fsp3) is 0.435. The molecule has 2 N–H and O–H groups in total. The topological polar surface area (TPSA) is 86.6 Å². The summed E-state index contributed by atoms with van der Waals surface area (Å²) in [5, 5.41) is 13.9. The minimum absolute atomic E-state index is 0.112. The monoisotopic (exact) mass is 456 g/mol. The third kappa shape index (κ3) is 4.04. The Morgan fingerprint density at radius 1 is 1.18 bits per heavy atom. The first-order valence-corrected chi connectivity index (χ1v) is 11.1. The molecule has 5 rings (SSSR count). The van der Waals surface area contributed by atoms with Crippen LogP contribution in [0.1, 0.15) is 13.3 Å². The number of phenols is 1. The second-order valence-corrected chi connectivity index (χ2v) is 8.63. The first kappa shape index (κ1) is 21.7. The number of likely N-dealkylation sites (N-methyl/N-ethyl adjacent to an activating group) is 1. The van der Waals surface area contributed by atoms with Gasteiger partial charge in [0.1, 0.15) is 29.7 Å². The minimum atomic E-state index is -0.768. The summed E-state index contributed by atoms with van der Waals surface area (Å²) in [6, 6.07) is 5.60. The Morgan fingerprint density at radius 3 is 2.73 bits per heavy atom. The van der Waals surface area contributed by atoms with Crippen molar-refractivity contribution in [3.8, 4) is 23.0 Å². The summed E-state index contributed by atoms with van der Waals surface area (Å²) in [4.78, 5) is 17.6. The fourth-order valence-electron chi connectivity index (χ4n) is 4.31.